The zero-order valence-corrected chi connectivity index (χ0v) is 10.9. The maximum Gasteiger partial charge on any atom is 0.307 e. The Hall–Kier alpha value is -2.62. The minimum atomic E-state index is -0.814. The summed E-state index contributed by atoms with van der Waals surface area (Å²) in [4.78, 5) is 15.3. The SMILES string of the molecule is O=C(O)Cc1cn(Cc2ccccn2)c2ccccc12. The highest BCUT2D eigenvalue weighted by Crippen LogP contribution is 2.22. The number of aliphatic carboxylic acids is 1. The first kappa shape index (κ1) is 12.4. The number of carboxylic acids is 1. The standard InChI is InChI=1S/C16H14N2O2/c19-16(20)9-12-10-18(11-13-5-3-4-8-17-13)15-7-2-1-6-14(12)15/h1-8,10H,9,11H2,(H,19,20). The van der Waals surface area contributed by atoms with Crippen molar-refractivity contribution in [2.75, 3.05) is 0 Å². The molecule has 0 radical (unpaired) electrons. The number of nitrogens with zero attached hydrogens (tertiary/aromatic N) is 2. The third kappa shape index (κ3) is 2.40. The number of pyridine rings is 1. The Morgan fingerprint density at radius 1 is 1.15 bits per heavy atom. The molecule has 1 aromatic carbocycles. The van der Waals surface area contributed by atoms with Crippen molar-refractivity contribution < 1.29 is 9.90 Å². The molecule has 0 amide bonds. The van der Waals surface area contributed by atoms with Crippen molar-refractivity contribution in [3.05, 3.63) is 66.1 Å². The summed E-state index contributed by atoms with van der Waals surface area (Å²) in [6.45, 7) is 0.640. The third-order valence-corrected chi connectivity index (χ3v) is 3.27. The Bertz CT molecular complexity index is 748. The number of fused-ring (bicyclic) bond motifs is 1. The van der Waals surface area contributed by atoms with Crippen LogP contribution in [0.2, 0.25) is 0 Å². The maximum atomic E-state index is 11.0. The molecule has 0 aliphatic carbocycles. The second kappa shape index (κ2) is 5.17. The van der Waals surface area contributed by atoms with E-state index >= 15 is 0 Å². The molecular weight excluding hydrogens is 252 g/mol. The Kier molecular flexibility index (Phi) is 3.21. The summed E-state index contributed by atoms with van der Waals surface area (Å²) < 4.78 is 2.05. The van der Waals surface area contributed by atoms with Crippen LogP contribution in [-0.4, -0.2) is 20.6 Å². The quantitative estimate of drug-likeness (QED) is 0.790. The predicted octanol–water partition coefficient (Wildman–Crippen LogP) is 2.71. The van der Waals surface area contributed by atoms with Crippen molar-refractivity contribution in [3.8, 4) is 0 Å². The van der Waals surface area contributed by atoms with E-state index in [0.717, 1.165) is 22.2 Å². The highest BCUT2D eigenvalue weighted by Gasteiger charge is 2.11. The number of hydrogen-bond donors (Lipinski definition) is 1. The van der Waals surface area contributed by atoms with Crippen molar-refractivity contribution in [1.29, 1.82) is 0 Å². The number of benzene rings is 1. The van der Waals surface area contributed by atoms with E-state index in [0.29, 0.717) is 6.54 Å². The lowest BCUT2D eigenvalue weighted by atomic mass is 10.1. The highest BCUT2D eigenvalue weighted by molar-refractivity contribution is 5.87. The molecule has 2 heterocycles. The van der Waals surface area contributed by atoms with Crippen LogP contribution in [0.15, 0.2) is 54.9 Å². The minimum absolute atomic E-state index is 0.0374. The largest absolute Gasteiger partial charge is 0.481 e. The Balaban J connectivity index is 2.04. The molecule has 0 unspecified atom stereocenters. The van der Waals surface area contributed by atoms with E-state index in [4.69, 9.17) is 5.11 Å². The van der Waals surface area contributed by atoms with Crippen molar-refractivity contribution in [2.45, 2.75) is 13.0 Å². The zero-order valence-electron chi connectivity index (χ0n) is 10.9. The van der Waals surface area contributed by atoms with Gasteiger partial charge in [-0.15, -0.1) is 0 Å². The van der Waals surface area contributed by atoms with Gasteiger partial charge in [-0.3, -0.25) is 9.78 Å². The average Bonchev–Trinajstić information content (AvgIpc) is 2.78. The molecule has 100 valence electrons. The first-order valence-electron chi connectivity index (χ1n) is 6.42. The van der Waals surface area contributed by atoms with Crippen molar-refractivity contribution in [3.63, 3.8) is 0 Å². The van der Waals surface area contributed by atoms with E-state index in [-0.39, 0.29) is 6.42 Å². The van der Waals surface area contributed by atoms with Gasteiger partial charge in [-0.05, 0) is 23.8 Å². The third-order valence-electron chi connectivity index (χ3n) is 3.27. The van der Waals surface area contributed by atoms with E-state index in [1.54, 1.807) is 6.20 Å². The van der Waals surface area contributed by atoms with Crippen LogP contribution in [0.5, 0.6) is 0 Å². The predicted molar refractivity (Wildman–Crippen MR) is 76.6 cm³/mol. The molecule has 0 saturated heterocycles. The van der Waals surface area contributed by atoms with E-state index in [9.17, 15) is 4.79 Å². The van der Waals surface area contributed by atoms with Crippen LogP contribution >= 0.6 is 0 Å². The molecule has 2 aromatic heterocycles. The average molecular weight is 266 g/mol. The Morgan fingerprint density at radius 3 is 2.70 bits per heavy atom. The fourth-order valence-electron chi connectivity index (χ4n) is 2.42. The van der Waals surface area contributed by atoms with Gasteiger partial charge < -0.3 is 9.67 Å². The molecule has 0 bridgehead atoms. The molecular formula is C16H14N2O2. The first-order chi connectivity index (χ1) is 9.74. The molecule has 0 fully saturated rings. The molecule has 0 atom stereocenters. The van der Waals surface area contributed by atoms with Crippen molar-refractivity contribution in [1.82, 2.24) is 9.55 Å². The number of carbonyl (C=O) groups is 1. The second-order valence-corrected chi connectivity index (χ2v) is 4.69. The Labute approximate surface area is 116 Å². The van der Waals surface area contributed by atoms with Crippen LogP contribution in [0.25, 0.3) is 10.9 Å². The molecule has 1 N–H and O–H groups in total. The van der Waals surface area contributed by atoms with E-state index in [1.165, 1.54) is 0 Å². The van der Waals surface area contributed by atoms with Gasteiger partial charge in [0, 0.05) is 23.3 Å². The molecule has 20 heavy (non-hydrogen) atoms. The molecule has 0 aliphatic rings. The maximum absolute atomic E-state index is 11.0. The van der Waals surface area contributed by atoms with Crippen LogP contribution in [0.1, 0.15) is 11.3 Å². The highest BCUT2D eigenvalue weighted by atomic mass is 16.4. The summed E-state index contributed by atoms with van der Waals surface area (Å²) in [6.07, 6.45) is 3.71. The molecule has 0 spiro atoms. The summed E-state index contributed by atoms with van der Waals surface area (Å²) in [6, 6.07) is 13.7. The van der Waals surface area contributed by atoms with E-state index in [1.807, 2.05) is 48.7 Å². The van der Waals surface area contributed by atoms with Crippen LogP contribution < -0.4 is 0 Å². The van der Waals surface area contributed by atoms with E-state index in [2.05, 4.69) is 9.55 Å². The lowest BCUT2D eigenvalue weighted by Crippen LogP contribution is -2.01. The summed E-state index contributed by atoms with van der Waals surface area (Å²) in [5.74, 6) is -0.814. The van der Waals surface area contributed by atoms with Gasteiger partial charge in [0.15, 0.2) is 0 Å². The van der Waals surface area contributed by atoms with Gasteiger partial charge in [-0.2, -0.15) is 0 Å². The molecule has 0 saturated carbocycles. The molecule has 3 aromatic rings. The fraction of sp³-hybridized carbons (Fsp3) is 0.125. The van der Waals surface area contributed by atoms with Gasteiger partial charge in [0.2, 0.25) is 0 Å². The van der Waals surface area contributed by atoms with Gasteiger partial charge >= 0.3 is 5.97 Å². The lowest BCUT2D eigenvalue weighted by molar-refractivity contribution is -0.136. The second-order valence-electron chi connectivity index (χ2n) is 4.69. The minimum Gasteiger partial charge on any atom is -0.481 e. The summed E-state index contributed by atoms with van der Waals surface area (Å²) in [7, 11) is 0. The van der Waals surface area contributed by atoms with Gasteiger partial charge in [-0.25, -0.2) is 0 Å². The molecule has 3 rings (SSSR count). The fourth-order valence-corrected chi connectivity index (χ4v) is 2.42. The topological polar surface area (TPSA) is 55.1 Å². The summed E-state index contributed by atoms with van der Waals surface area (Å²) >= 11 is 0. The number of rotatable bonds is 4. The van der Waals surface area contributed by atoms with Crippen LogP contribution in [0.4, 0.5) is 0 Å². The summed E-state index contributed by atoms with van der Waals surface area (Å²) in [5, 5.41) is 10.00. The van der Waals surface area contributed by atoms with Gasteiger partial charge in [0.25, 0.3) is 0 Å². The first-order valence-corrected chi connectivity index (χ1v) is 6.42. The molecule has 4 heteroatoms. The smallest absolute Gasteiger partial charge is 0.307 e. The van der Waals surface area contributed by atoms with Crippen LogP contribution in [0, 0.1) is 0 Å². The van der Waals surface area contributed by atoms with Crippen LogP contribution in [0.3, 0.4) is 0 Å². The molecule has 4 nitrogen and oxygen atoms in total. The zero-order chi connectivity index (χ0) is 13.9. The van der Waals surface area contributed by atoms with E-state index < -0.39 is 5.97 Å². The number of carboxylic acid groups (broad SMARTS) is 1. The van der Waals surface area contributed by atoms with Gasteiger partial charge in [-0.1, -0.05) is 24.3 Å². The normalized spacial score (nSPS) is 10.8. The Morgan fingerprint density at radius 2 is 1.95 bits per heavy atom. The monoisotopic (exact) mass is 266 g/mol. The number of para-hydroxylation sites is 1. The van der Waals surface area contributed by atoms with Crippen molar-refractivity contribution in [2.24, 2.45) is 0 Å². The number of aromatic nitrogens is 2. The van der Waals surface area contributed by atoms with Gasteiger partial charge in [0.05, 0.1) is 18.7 Å². The summed E-state index contributed by atoms with van der Waals surface area (Å²) in [5.41, 5.74) is 2.83. The number of hydrogen-bond acceptors (Lipinski definition) is 2. The lowest BCUT2D eigenvalue weighted by Gasteiger charge is -2.04. The molecule has 0 aliphatic heterocycles. The van der Waals surface area contributed by atoms with Crippen LogP contribution in [-0.2, 0) is 17.8 Å². The van der Waals surface area contributed by atoms with Crippen molar-refractivity contribution >= 4 is 16.9 Å². The van der Waals surface area contributed by atoms with Gasteiger partial charge in [0.1, 0.15) is 0 Å².